The Morgan fingerprint density at radius 2 is 2.36 bits per heavy atom. The molecule has 74 valence electrons. The molecule has 5 heteroatoms. The van der Waals surface area contributed by atoms with E-state index in [1.54, 1.807) is 20.2 Å². The van der Waals surface area contributed by atoms with E-state index < -0.39 is 6.10 Å². The fourth-order valence-electron chi connectivity index (χ4n) is 1.37. The summed E-state index contributed by atoms with van der Waals surface area (Å²) in [4.78, 5) is 17.1. The average molecular weight is 257 g/mol. The first-order chi connectivity index (χ1) is 6.59. The molecule has 1 atom stereocenters. The molecule has 0 spiro atoms. The minimum absolute atomic E-state index is 0.0766. The summed E-state index contributed by atoms with van der Waals surface area (Å²) >= 11 is 3.30. The number of aromatic nitrogens is 1. The molecular formula is C9H9BrN2O2. The smallest absolute Gasteiger partial charge is 0.268 e. The molecule has 0 radical (unpaired) electrons. The van der Waals surface area contributed by atoms with Gasteiger partial charge in [0.1, 0.15) is 0 Å². The van der Waals surface area contributed by atoms with Crippen molar-refractivity contribution in [1.29, 1.82) is 0 Å². The molecule has 4 nitrogen and oxygen atoms in total. The molecule has 0 saturated carbocycles. The second-order valence-electron chi connectivity index (χ2n) is 3.13. The van der Waals surface area contributed by atoms with E-state index in [1.807, 2.05) is 6.07 Å². The minimum Gasteiger partial charge on any atom is -0.477 e. The molecule has 0 bridgehead atoms. The van der Waals surface area contributed by atoms with E-state index in [-0.39, 0.29) is 5.91 Å². The molecule has 2 rings (SSSR count). The van der Waals surface area contributed by atoms with Crippen molar-refractivity contribution >= 4 is 27.7 Å². The highest BCUT2D eigenvalue weighted by Crippen LogP contribution is 2.32. The third-order valence-corrected chi connectivity index (χ3v) is 2.53. The van der Waals surface area contributed by atoms with Crippen molar-refractivity contribution in [3.05, 3.63) is 16.7 Å². The number of fused-ring (bicyclic) bond motifs is 1. The first kappa shape index (κ1) is 9.45. The summed E-state index contributed by atoms with van der Waals surface area (Å²) in [6, 6.07) is 1.81. The van der Waals surface area contributed by atoms with E-state index in [2.05, 4.69) is 20.9 Å². The largest absolute Gasteiger partial charge is 0.477 e. The lowest BCUT2D eigenvalue weighted by Gasteiger charge is -2.28. The van der Waals surface area contributed by atoms with Crippen LogP contribution in [-0.2, 0) is 4.79 Å². The van der Waals surface area contributed by atoms with Crippen LogP contribution in [0.3, 0.4) is 0 Å². The minimum atomic E-state index is -0.441. The van der Waals surface area contributed by atoms with Gasteiger partial charge < -0.3 is 4.74 Å². The van der Waals surface area contributed by atoms with Crippen molar-refractivity contribution in [1.82, 2.24) is 4.98 Å². The number of hydrogen-bond donors (Lipinski definition) is 0. The Kier molecular flexibility index (Phi) is 2.19. The predicted octanol–water partition coefficient (Wildman–Crippen LogP) is 1.59. The summed E-state index contributed by atoms with van der Waals surface area (Å²) in [7, 11) is 1.70. The molecule has 14 heavy (non-hydrogen) atoms. The number of likely N-dealkylation sites (N-methyl/N-ethyl adjacent to an activating group) is 1. The maximum atomic E-state index is 11.5. The highest BCUT2D eigenvalue weighted by Gasteiger charge is 2.29. The molecule has 0 N–H and O–H groups in total. The number of pyridine rings is 1. The number of carbonyl (C=O) groups excluding carboxylic acids is 1. The van der Waals surface area contributed by atoms with Crippen molar-refractivity contribution < 1.29 is 9.53 Å². The van der Waals surface area contributed by atoms with Crippen LogP contribution in [0.15, 0.2) is 16.7 Å². The van der Waals surface area contributed by atoms with Gasteiger partial charge in [-0.05, 0) is 28.9 Å². The van der Waals surface area contributed by atoms with Crippen molar-refractivity contribution in [2.24, 2.45) is 0 Å². The predicted molar refractivity (Wildman–Crippen MR) is 55.4 cm³/mol. The van der Waals surface area contributed by atoms with Crippen molar-refractivity contribution in [3.8, 4) is 5.75 Å². The molecule has 1 aromatic heterocycles. The zero-order valence-electron chi connectivity index (χ0n) is 7.82. The first-order valence-electron chi connectivity index (χ1n) is 4.19. The van der Waals surface area contributed by atoms with Gasteiger partial charge in [-0.1, -0.05) is 0 Å². The van der Waals surface area contributed by atoms with E-state index in [9.17, 15) is 4.79 Å². The molecule has 1 aliphatic rings. The van der Waals surface area contributed by atoms with Gasteiger partial charge in [0, 0.05) is 17.7 Å². The van der Waals surface area contributed by atoms with E-state index >= 15 is 0 Å². The Morgan fingerprint density at radius 3 is 3.07 bits per heavy atom. The topological polar surface area (TPSA) is 42.4 Å². The number of anilines is 1. The SMILES string of the molecule is CC1Oc2cc(Br)cnc2N(C)C1=O. The van der Waals surface area contributed by atoms with Gasteiger partial charge >= 0.3 is 0 Å². The molecule has 0 fully saturated rings. The van der Waals surface area contributed by atoms with Crippen molar-refractivity contribution in [2.75, 3.05) is 11.9 Å². The third kappa shape index (κ3) is 1.37. The van der Waals surface area contributed by atoms with Gasteiger partial charge in [-0.25, -0.2) is 4.98 Å². The Bertz CT molecular complexity index is 394. The van der Waals surface area contributed by atoms with Crippen LogP contribution in [0, 0.1) is 0 Å². The van der Waals surface area contributed by atoms with Gasteiger partial charge in [0.2, 0.25) is 0 Å². The van der Waals surface area contributed by atoms with Crippen LogP contribution in [0.1, 0.15) is 6.92 Å². The number of nitrogens with zero attached hydrogens (tertiary/aromatic N) is 2. The summed E-state index contributed by atoms with van der Waals surface area (Å²) in [5.74, 6) is 1.12. The molecule has 0 aliphatic carbocycles. The maximum Gasteiger partial charge on any atom is 0.268 e. The van der Waals surface area contributed by atoms with Crippen LogP contribution < -0.4 is 9.64 Å². The molecule has 0 saturated heterocycles. The normalized spacial score (nSPS) is 20.4. The van der Waals surface area contributed by atoms with Crippen molar-refractivity contribution in [3.63, 3.8) is 0 Å². The lowest BCUT2D eigenvalue weighted by atomic mass is 10.2. The van der Waals surface area contributed by atoms with Crippen LogP contribution in [0.25, 0.3) is 0 Å². The van der Waals surface area contributed by atoms with Crippen LogP contribution >= 0.6 is 15.9 Å². The van der Waals surface area contributed by atoms with E-state index in [0.29, 0.717) is 11.6 Å². The fraction of sp³-hybridized carbons (Fsp3) is 0.333. The van der Waals surface area contributed by atoms with Crippen LogP contribution in [0.5, 0.6) is 5.75 Å². The van der Waals surface area contributed by atoms with Gasteiger partial charge in [0.05, 0.1) is 0 Å². The summed E-state index contributed by atoms with van der Waals surface area (Å²) in [6.07, 6.45) is 1.20. The Hall–Kier alpha value is -1.10. The Balaban J connectivity index is 2.50. The lowest BCUT2D eigenvalue weighted by Crippen LogP contribution is -2.42. The van der Waals surface area contributed by atoms with Gasteiger partial charge in [0.15, 0.2) is 17.7 Å². The van der Waals surface area contributed by atoms with Crippen LogP contribution in [0.2, 0.25) is 0 Å². The fourth-order valence-corrected chi connectivity index (χ4v) is 1.68. The number of rotatable bonds is 0. The molecule has 2 heterocycles. The van der Waals surface area contributed by atoms with Gasteiger partial charge in [0.25, 0.3) is 5.91 Å². The molecule has 1 unspecified atom stereocenters. The maximum absolute atomic E-state index is 11.5. The van der Waals surface area contributed by atoms with E-state index in [1.165, 1.54) is 4.90 Å². The summed E-state index contributed by atoms with van der Waals surface area (Å²) in [5.41, 5.74) is 0. The lowest BCUT2D eigenvalue weighted by molar-refractivity contribution is -0.125. The second-order valence-corrected chi connectivity index (χ2v) is 4.05. The monoisotopic (exact) mass is 256 g/mol. The molecule has 1 aromatic rings. The first-order valence-corrected chi connectivity index (χ1v) is 4.98. The highest BCUT2D eigenvalue weighted by molar-refractivity contribution is 9.10. The van der Waals surface area contributed by atoms with Gasteiger partial charge in [-0.3, -0.25) is 9.69 Å². The van der Waals surface area contributed by atoms with E-state index in [4.69, 9.17) is 4.74 Å². The van der Waals surface area contributed by atoms with E-state index in [0.717, 1.165) is 4.47 Å². The number of hydrogen-bond acceptors (Lipinski definition) is 3. The molecule has 1 aliphatic heterocycles. The molecular weight excluding hydrogens is 248 g/mol. The number of halogens is 1. The summed E-state index contributed by atoms with van der Waals surface area (Å²) in [6.45, 7) is 1.72. The van der Waals surface area contributed by atoms with Crippen molar-refractivity contribution in [2.45, 2.75) is 13.0 Å². The zero-order chi connectivity index (χ0) is 10.3. The number of amides is 1. The number of ether oxygens (including phenoxy) is 1. The molecule has 0 aromatic carbocycles. The Morgan fingerprint density at radius 1 is 1.64 bits per heavy atom. The Labute approximate surface area is 90.0 Å². The quantitative estimate of drug-likeness (QED) is 0.708. The highest BCUT2D eigenvalue weighted by atomic mass is 79.9. The zero-order valence-corrected chi connectivity index (χ0v) is 9.41. The standard InChI is InChI=1S/C9H9BrN2O2/c1-5-9(13)12(2)8-7(14-5)3-6(10)4-11-8/h3-5H,1-2H3. The van der Waals surface area contributed by atoms with Gasteiger partial charge in [-0.15, -0.1) is 0 Å². The van der Waals surface area contributed by atoms with Crippen LogP contribution in [0.4, 0.5) is 5.82 Å². The van der Waals surface area contributed by atoms with Gasteiger partial charge in [-0.2, -0.15) is 0 Å². The number of carbonyl (C=O) groups is 1. The third-order valence-electron chi connectivity index (χ3n) is 2.10. The van der Waals surface area contributed by atoms with Crippen LogP contribution in [-0.4, -0.2) is 24.0 Å². The average Bonchev–Trinajstić information content (AvgIpc) is 2.14. The second kappa shape index (κ2) is 3.24. The molecule has 1 amide bonds. The summed E-state index contributed by atoms with van der Waals surface area (Å²) in [5, 5.41) is 0. The summed E-state index contributed by atoms with van der Waals surface area (Å²) < 4.78 is 6.25.